The monoisotopic (exact) mass is 458 g/mol. The zero-order valence-corrected chi connectivity index (χ0v) is 18.8. The molecule has 0 radical (unpaired) electrons. The molecule has 4 rings (SSSR count). The van der Waals surface area contributed by atoms with E-state index in [1.165, 1.54) is 11.3 Å². The van der Waals surface area contributed by atoms with Crippen LogP contribution in [0.4, 0.5) is 10.9 Å². The van der Waals surface area contributed by atoms with Crippen LogP contribution in [0.5, 0.6) is 11.5 Å². The van der Waals surface area contributed by atoms with E-state index in [0.717, 1.165) is 17.1 Å². The smallest absolute Gasteiger partial charge is 0.226 e. The number of nitrogens with one attached hydrogen (secondary N) is 2. The summed E-state index contributed by atoms with van der Waals surface area (Å²) in [4.78, 5) is 21.1. The summed E-state index contributed by atoms with van der Waals surface area (Å²) in [6.45, 7) is 5.78. The van der Waals surface area contributed by atoms with Crippen LogP contribution in [0.1, 0.15) is 25.1 Å². The van der Waals surface area contributed by atoms with Crippen LogP contribution in [0, 0.1) is 0 Å². The van der Waals surface area contributed by atoms with Gasteiger partial charge in [-0.15, -0.1) is 11.3 Å². The molecule has 7 nitrogen and oxygen atoms in total. The number of thiazole rings is 1. The third-order valence-corrected chi connectivity index (χ3v) is 5.94. The minimum absolute atomic E-state index is 0.0768. The first kappa shape index (κ1) is 21.4. The summed E-state index contributed by atoms with van der Waals surface area (Å²) >= 11 is 7.27. The molecule has 31 heavy (non-hydrogen) atoms. The van der Waals surface area contributed by atoms with Gasteiger partial charge >= 0.3 is 0 Å². The molecule has 0 unspecified atom stereocenters. The molecule has 3 heterocycles. The molecule has 0 aliphatic carbocycles. The molecule has 1 aromatic carbocycles. The number of amides is 1. The number of nitrogens with zero attached hydrogens (tertiary/aromatic N) is 2. The number of anilines is 2. The van der Waals surface area contributed by atoms with Gasteiger partial charge in [0.1, 0.15) is 19.0 Å². The molecule has 0 spiro atoms. The number of halogens is 1. The Labute approximate surface area is 189 Å². The van der Waals surface area contributed by atoms with Gasteiger partial charge in [0.05, 0.1) is 17.1 Å². The van der Waals surface area contributed by atoms with Crippen LogP contribution in [-0.2, 0) is 16.6 Å². The molecule has 1 amide bonds. The van der Waals surface area contributed by atoms with Crippen molar-refractivity contribution >= 4 is 39.8 Å². The number of pyridine rings is 1. The summed E-state index contributed by atoms with van der Waals surface area (Å²) in [6, 6.07) is 9.46. The SMILES string of the molecule is CC(C)(CNC(=O)Cc1csc(Nc2ccc(Cl)cn2)n1)c1ccc2c(c1)OCCO2. The molecular formula is C22H23ClN4O3S. The lowest BCUT2D eigenvalue weighted by Gasteiger charge is -2.27. The highest BCUT2D eigenvalue weighted by molar-refractivity contribution is 7.13. The van der Waals surface area contributed by atoms with Gasteiger partial charge in [0.15, 0.2) is 16.6 Å². The fourth-order valence-corrected chi connectivity index (χ4v) is 3.95. The highest BCUT2D eigenvalue weighted by Crippen LogP contribution is 2.35. The molecule has 0 fully saturated rings. The second-order valence-electron chi connectivity index (χ2n) is 7.83. The van der Waals surface area contributed by atoms with Gasteiger partial charge in [-0.3, -0.25) is 4.79 Å². The van der Waals surface area contributed by atoms with Crippen LogP contribution >= 0.6 is 22.9 Å². The van der Waals surface area contributed by atoms with E-state index >= 15 is 0 Å². The third kappa shape index (κ3) is 5.45. The average Bonchev–Trinajstić information content (AvgIpc) is 3.20. The maximum absolute atomic E-state index is 12.5. The standard InChI is InChI=1S/C22H23ClN4O3S/c1-22(2,14-3-5-17-18(9-14)30-8-7-29-17)13-25-20(28)10-16-12-31-21(26-16)27-19-6-4-15(23)11-24-19/h3-6,9,11-12H,7-8,10,13H2,1-2H3,(H,25,28)(H,24,26,27). The topological polar surface area (TPSA) is 85.4 Å². The van der Waals surface area contributed by atoms with Crippen molar-refractivity contribution < 1.29 is 14.3 Å². The summed E-state index contributed by atoms with van der Waals surface area (Å²) in [5.41, 5.74) is 1.52. The lowest BCUT2D eigenvalue weighted by molar-refractivity contribution is -0.120. The molecule has 0 atom stereocenters. The summed E-state index contributed by atoms with van der Waals surface area (Å²) in [5, 5.41) is 9.24. The van der Waals surface area contributed by atoms with Gasteiger partial charge in [-0.1, -0.05) is 31.5 Å². The van der Waals surface area contributed by atoms with Crippen LogP contribution in [-0.4, -0.2) is 35.6 Å². The van der Waals surface area contributed by atoms with Crippen LogP contribution in [0.25, 0.3) is 0 Å². The molecule has 0 saturated heterocycles. The minimum atomic E-state index is -0.263. The van der Waals surface area contributed by atoms with Crippen molar-refractivity contribution in [2.24, 2.45) is 0 Å². The van der Waals surface area contributed by atoms with Crippen molar-refractivity contribution in [3.05, 3.63) is 58.2 Å². The van der Waals surface area contributed by atoms with Crippen LogP contribution in [0.15, 0.2) is 41.9 Å². The number of carbonyl (C=O) groups is 1. The Morgan fingerprint density at radius 2 is 2.00 bits per heavy atom. The molecule has 1 aliphatic heterocycles. The van der Waals surface area contributed by atoms with Gasteiger partial charge in [0, 0.05) is 23.5 Å². The van der Waals surface area contributed by atoms with Crippen molar-refractivity contribution in [3.8, 4) is 11.5 Å². The number of benzene rings is 1. The quantitative estimate of drug-likeness (QED) is 0.547. The molecule has 162 valence electrons. The first-order valence-corrected chi connectivity index (χ1v) is 11.1. The van der Waals surface area contributed by atoms with Gasteiger partial charge in [-0.2, -0.15) is 0 Å². The highest BCUT2D eigenvalue weighted by atomic mass is 35.5. The molecule has 9 heteroatoms. The van der Waals surface area contributed by atoms with Gasteiger partial charge in [-0.05, 0) is 29.8 Å². The Bertz CT molecular complexity index is 1070. The van der Waals surface area contributed by atoms with Gasteiger partial charge < -0.3 is 20.1 Å². The number of ether oxygens (including phenoxy) is 2. The zero-order chi connectivity index (χ0) is 21.8. The first-order chi connectivity index (χ1) is 14.9. The fraction of sp³-hybridized carbons (Fsp3) is 0.318. The second-order valence-corrected chi connectivity index (χ2v) is 9.12. The molecule has 1 aliphatic rings. The van der Waals surface area contributed by atoms with Crippen molar-refractivity contribution in [2.45, 2.75) is 25.7 Å². The molecule has 2 N–H and O–H groups in total. The van der Waals surface area contributed by atoms with E-state index in [1.807, 2.05) is 23.6 Å². The van der Waals surface area contributed by atoms with Crippen molar-refractivity contribution in [1.29, 1.82) is 0 Å². The summed E-state index contributed by atoms with van der Waals surface area (Å²) < 4.78 is 11.3. The van der Waals surface area contributed by atoms with Crippen LogP contribution < -0.4 is 20.1 Å². The number of fused-ring (bicyclic) bond motifs is 1. The van der Waals surface area contributed by atoms with E-state index in [1.54, 1.807) is 18.3 Å². The van der Waals surface area contributed by atoms with E-state index in [0.29, 0.717) is 41.4 Å². The second kappa shape index (κ2) is 9.11. The van der Waals surface area contributed by atoms with Crippen LogP contribution in [0.3, 0.4) is 0 Å². The lowest BCUT2D eigenvalue weighted by Crippen LogP contribution is -2.37. The largest absolute Gasteiger partial charge is 0.486 e. The normalized spacial score (nSPS) is 13.0. The van der Waals surface area contributed by atoms with E-state index in [9.17, 15) is 4.79 Å². The molecular weight excluding hydrogens is 436 g/mol. The fourth-order valence-electron chi connectivity index (χ4n) is 3.12. The highest BCUT2D eigenvalue weighted by Gasteiger charge is 2.24. The predicted octanol–water partition coefficient (Wildman–Crippen LogP) is 4.34. The number of carbonyl (C=O) groups excluding carboxylic acids is 1. The minimum Gasteiger partial charge on any atom is -0.486 e. The molecule has 2 aromatic heterocycles. The van der Waals surface area contributed by atoms with Gasteiger partial charge in [0.25, 0.3) is 0 Å². The third-order valence-electron chi connectivity index (χ3n) is 4.91. The Hall–Kier alpha value is -2.84. The Morgan fingerprint density at radius 3 is 2.77 bits per heavy atom. The molecule has 0 saturated carbocycles. The van der Waals surface area contributed by atoms with Gasteiger partial charge in [0.2, 0.25) is 5.91 Å². The average molecular weight is 459 g/mol. The Kier molecular flexibility index (Phi) is 6.29. The predicted molar refractivity (Wildman–Crippen MR) is 122 cm³/mol. The van der Waals surface area contributed by atoms with Gasteiger partial charge in [-0.25, -0.2) is 9.97 Å². The van der Waals surface area contributed by atoms with Crippen molar-refractivity contribution in [2.75, 3.05) is 25.1 Å². The summed E-state index contributed by atoms with van der Waals surface area (Å²) in [7, 11) is 0. The first-order valence-electron chi connectivity index (χ1n) is 9.89. The number of rotatable bonds is 7. The molecule has 3 aromatic rings. The summed E-state index contributed by atoms with van der Waals surface area (Å²) in [6.07, 6.45) is 1.78. The van der Waals surface area contributed by atoms with E-state index in [4.69, 9.17) is 21.1 Å². The van der Waals surface area contributed by atoms with E-state index in [2.05, 4.69) is 34.4 Å². The van der Waals surface area contributed by atoms with E-state index < -0.39 is 0 Å². The number of hydrogen-bond acceptors (Lipinski definition) is 7. The zero-order valence-electron chi connectivity index (χ0n) is 17.3. The lowest BCUT2D eigenvalue weighted by atomic mass is 9.84. The van der Waals surface area contributed by atoms with Crippen molar-refractivity contribution in [1.82, 2.24) is 15.3 Å². The summed E-state index contributed by atoms with van der Waals surface area (Å²) in [5.74, 6) is 2.08. The van der Waals surface area contributed by atoms with Crippen molar-refractivity contribution in [3.63, 3.8) is 0 Å². The Balaban J connectivity index is 1.31. The number of aromatic nitrogens is 2. The van der Waals surface area contributed by atoms with E-state index in [-0.39, 0.29) is 17.7 Å². The number of hydrogen-bond donors (Lipinski definition) is 2. The molecule has 0 bridgehead atoms. The maximum atomic E-state index is 12.5. The maximum Gasteiger partial charge on any atom is 0.226 e. The Morgan fingerprint density at radius 1 is 1.19 bits per heavy atom. The van der Waals surface area contributed by atoms with Crippen LogP contribution in [0.2, 0.25) is 5.02 Å².